The van der Waals surface area contributed by atoms with E-state index in [1.807, 2.05) is 54.9 Å². The van der Waals surface area contributed by atoms with E-state index in [0.717, 1.165) is 38.0 Å². The van der Waals surface area contributed by atoms with Crippen molar-refractivity contribution in [1.29, 1.82) is 0 Å². The Morgan fingerprint density at radius 2 is 1.69 bits per heavy atom. The summed E-state index contributed by atoms with van der Waals surface area (Å²) in [5.41, 5.74) is 2.72. The van der Waals surface area contributed by atoms with Gasteiger partial charge in [0, 0.05) is 37.0 Å². The molecule has 0 bridgehead atoms. The Labute approximate surface area is 206 Å². The molecule has 2 aromatic carbocycles. The fourth-order valence-corrected chi connectivity index (χ4v) is 4.37. The van der Waals surface area contributed by atoms with E-state index in [9.17, 15) is 9.59 Å². The molecule has 182 valence electrons. The fourth-order valence-electron chi connectivity index (χ4n) is 4.37. The molecule has 1 aliphatic rings. The molecule has 0 radical (unpaired) electrons. The molecular weight excluding hydrogens is 440 g/mol. The van der Waals surface area contributed by atoms with Gasteiger partial charge in [0.05, 0.1) is 13.2 Å². The molecule has 1 aliphatic heterocycles. The number of carbonyl (C=O) groups excluding carboxylic acids is 2. The van der Waals surface area contributed by atoms with Crippen LogP contribution in [0.3, 0.4) is 0 Å². The molecule has 7 nitrogen and oxygen atoms in total. The Balaban J connectivity index is 1.32. The highest BCUT2D eigenvalue weighted by atomic mass is 16.5. The van der Waals surface area contributed by atoms with Crippen LogP contribution in [0.5, 0.6) is 5.75 Å². The smallest absolute Gasteiger partial charge is 0.251 e. The van der Waals surface area contributed by atoms with Crippen molar-refractivity contribution in [3.63, 3.8) is 0 Å². The highest BCUT2D eigenvalue weighted by Crippen LogP contribution is 2.20. The number of rotatable bonds is 9. The molecule has 0 aliphatic carbocycles. The van der Waals surface area contributed by atoms with E-state index in [4.69, 9.17) is 4.74 Å². The van der Waals surface area contributed by atoms with E-state index in [0.29, 0.717) is 17.9 Å². The minimum absolute atomic E-state index is 0.0163. The number of benzene rings is 2. The van der Waals surface area contributed by atoms with Crippen LogP contribution in [0, 0.1) is 5.92 Å². The summed E-state index contributed by atoms with van der Waals surface area (Å²) >= 11 is 0. The summed E-state index contributed by atoms with van der Waals surface area (Å²) in [6, 6.07) is 20.4. The molecule has 1 aromatic heterocycles. The van der Waals surface area contributed by atoms with Crippen LogP contribution < -0.4 is 15.4 Å². The van der Waals surface area contributed by atoms with Crippen molar-refractivity contribution in [3.05, 3.63) is 95.8 Å². The van der Waals surface area contributed by atoms with Gasteiger partial charge >= 0.3 is 0 Å². The summed E-state index contributed by atoms with van der Waals surface area (Å²) in [6.45, 7) is 2.99. The number of hydrogen-bond donors (Lipinski definition) is 2. The summed E-state index contributed by atoms with van der Waals surface area (Å²) in [7, 11) is 1.59. The number of amides is 2. The van der Waals surface area contributed by atoms with Gasteiger partial charge in [0.25, 0.3) is 5.91 Å². The molecule has 1 saturated heterocycles. The minimum Gasteiger partial charge on any atom is -0.497 e. The van der Waals surface area contributed by atoms with Gasteiger partial charge in [0.2, 0.25) is 5.91 Å². The molecule has 2 amide bonds. The number of pyridine rings is 1. The van der Waals surface area contributed by atoms with E-state index in [-0.39, 0.29) is 23.8 Å². The molecule has 2 N–H and O–H groups in total. The number of methoxy groups -OCH3 is 1. The maximum absolute atomic E-state index is 13.0. The molecule has 7 heteroatoms. The van der Waals surface area contributed by atoms with Gasteiger partial charge in [-0.1, -0.05) is 30.3 Å². The first-order valence-electron chi connectivity index (χ1n) is 12.0. The lowest BCUT2D eigenvalue weighted by Crippen LogP contribution is -2.43. The largest absolute Gasteiger partial charge is 0.497 e. The Bertz CT molecular complexity index is 1080. The molecular formula is C28H32N4O3. The van der Waals surface area contributed by atoms with Gasteiger partial charge in [-0.15, -0.1) is 0 Å². The van der Waals surface area contributed by atoms with Crippen molar-refractivity contribution in [2.75, 3.05) is 26.7 Å². The van der Waals surface area contributed by atoms with Crippen LogP contribution in [0.2, 0.25) is 0 Å². The Kier molecular flexibility index (Phi) is 8.46. The maximum atomic E-state index is 13.0. The first-order valence-corrected chi connectivity index (χ1v) is 12.0. The van der Waals surface area contributed by atoms with Gasteiger partial charge in [-0.2, -0.15) is 0 Å². The summed E-state index contributed by atoms with van der Waals surface area (Å²) < 4.78 is 5.17. The van der Waals surface area contributed by atoms with Gasteiger partial charge in [0.1, 0.15) is 5.75 Å². The average Bonchev–Trinajstić information content (AvgIpc) is 2.92. The number of nitrogens with one attached hydrogen (secondary N) is 2. The Hall–Kier alpha value is -3.71. The quantitative estimate of drug-likeness (QED) is 0.497. The van der Waals surface area contributed by atoms with Crippen LogP contribution >= 0.6 is 0 Å². The van der Waals surface area contributed by atoms with Crippen LogP contribution in [0.15, 0.2) is 79.1 Å². The number of likely N-dealkylation sites (tertiary alicyclic amines) is 1. The summed E-state index contributed by atoms with van der Waals surface area (Å²) in [4.78, 5) is 32.3. The highest BCUT2D eigenvalue weighted by molar-refractivity contribution is 5.94. The fraction of sp³-hybridized carbons (Fsp3) is 0.321. The van der Waals surface area contributed by atoms with Crippen LogP contribution in [-0.2, 0) is 11.3 Å². The first-order chi connectivity index (χ1) is 17.1. The van der Waals surface area contributed by atoms with Crippen molar-refractivity contribution in [2.45, 2.75) is 25.4 Å². The van der Waals surface area contributed by atoms with Gasteiger partial charge in [-0.05, 0) is 73.5 Å². The standard InChI is InChI=1S/C28H32N4O3/c1-35-25-9-7-23(8-10-25)28(34)31-26(22-5-3-2-4-6-22)19-30-27(33)24-13-17-32(18-14-24)20-21-11-15-29-16-12-21/h2-12,15-16,24,26H,13-14,17-20H2,1H3,(H,30,33)(H,31,34)/t26-/m0/s1. The normalized spacial score (nSPS) is 15.2. The number of nitrogens with zero attached hydrogens (tertiary/aromatic N) is 2. The lowest BCUT2D eigenvalue weighted by molar-refractivity contribution is -0.126. The van der Waals surface area contributed by atoms with E-state index in [1.54, 1.807) is 31.4 Å². The Morgan fingerprint density at radius 3 is 2.34 bits per heavy atom. The number of carbonyl (C=O) groups is 2. The predicted octanol–water partition coefficient (Wildman–Crippen LogP) is 3.59. The second kappa shape index (κ2) is 12.1. The van der Waals surface area contributed by atoms with Crippen LogP contribution in [0.25, 0.3) is 0 Å². The third-order valence-electron chi connectivity index (χ3n) is 6.45. The highest BCUT2D eigenvalue weighted by Gasteiger charge is 2.26. The second-order valence-corrected chi connectivity index (χ2v) is 8.82. The molecule has 4 rings (SSSR count). The van der Waals surface area contributed by atoms with Crippen molar-refractivity contribution in [3.8, 4) is 5.75 Å². The lowest BCUT2D eigenvalue weighted by Gasteiger charge is -2.31. The zero-order chi connectivity index (χ0) is 24.5. The molecule has 0 saturated carbocycles. The van der Waals surface area contributed by atoms with Crippen molar-refractivity contribution >= 4 is 11.8 Å². The van der Waals surface area contributed by atoms with E-state index >= 15 is 0 Å². The molecule has 1 atom stereocenters. The minimum atomic E-state index is -0.332. The van der Waals surface area contributed by atoms with Crippen LogP contribution in [0.4, 0.5) is 0 Å². The van der Waals surface area contributed by atoms with Crippen LogP contribution in [0.1, 0.15) is 40.4 Å². The molecule has 1 fully saturated rings. The van der Waals surface area contributed by atoms with Crippen LogP contribution in [-0.4, -0.2) is 48.4 Å². The van der Waals surface area contributed by atoms with E-state index in [2.05, 4.69) is 20.5 Å². The number of ether oxygens (including phenoxy) is 1. The van der Waals surface area contributed by atoms with Crippen molar-refractivity contribution in [1.82, 2.24) is 20.5 Å². The SMILES string of the molecule is COc1ccc(C(=O)N[C@@H](CNC(=O)C2CCN(Cc3ccncc3)CC2)c2ccccc2)cc1. The first kappa shape index (κ1) is 24.4. The van der Waals surface area contributed by atoms with Crippen molar-refractivity contribution in [2.24, 2.45) is 5.92 Å². The molecule has 35 heavy (non-hydrogen) atoms. The topological polar surface area (TPSA) is 83.6 Å². The maximum Gasteiger partial charge on any atom is 0.251 e. The number of piperidine rings is 1. The summed E-state index contributed by atoms with van der Waals surface area (Å²) in [5, 5.41) is 6.16. The van der Waals surface area contributed by atoms with E-state index in [1.165, 1.54) is 5.56 Å². The molecule has 0 spiro atoms. The zero-order valence-corrected chi connectivity index (χ0v) is 20.0. The Morgan fingerprint density at radius 1 is 1.00 bits per heavy atom. The summed E-state index contributed by atoms with van der Waals surface area (Å²) in [6.07, 6.45) is 5.27. The van der Waals surface area contributed by atoms with Gasteiger partial charge in [-0.25, -0.2) is 0 Å². The van der Waals surface area contributed by atoms with Crippen molar-refractivity contribution < 1.29 is 14.3 Å². The van der Waals surface area contributed by atoms with Gasteiger partial charge < -0.3 is 15.4 Å². The zero-order valence-electron chi connectivity index (χ0n) is 20.0. The van der Waals surface area contributed by atoms with Gasteiger partial charge in [0.15, 0.2) is 0 Å². The number of hydrogen-bond acceptors (Lipinski definition) is 5. The van der Waals surface area contributed by atoms with Gasteiger partial charge in [-0.3, -0.25) is 19.5 Å². The molecule has 2 heterocycles. The molecule has 3 aromatic rings. The molecule has 0 unspecified atom stereocenters. The number of aromatic nitrogens is 1. The third-order valence-corrected chi connectivity index (χ3v) is 6.45. The predicted molar refractivity (Wildman–Crippen MR) is 135 cm³/mol. The van der Waals surface area contributed by atoms with E-state index < -0.39 is 0 Å². The monoisotopic (exact) mass is 472 g/mol. The summed E-state index contributed by atoms with van der Waals surface area (Å²) in [5.74, 6) is 0.533. The average molecular weight is 473 g/mol. The third kappa shape index (κ3) is 6.90. The lowest BCUT2D eigenvalue weighted by atomic mass is 9.95. The second-order valence-electron chi connectivity index (χ2n) is 8.82.